The van der Waals surface area contributed by atoms with Gasteiger partial charge in [0.25, 0.3) is 5.91 Å². The second-order valence-electron chi connectivity index (χ2n) is 8.41. The van der Waals surface area contributed by atoms with Crippen molar-refractivity contribution in [1.82, 2.24) is 4.90 Å². The van der Waals surface area contributed by atoms with Crippen LogP contribution in [0.1, 0.15) is 69.8 Å². The minimum atomic E-state index is -0.629. The number of amides is 1. The summed E-state index contributed by atoms with van der Waals surface area (Å²) in [5.41, 5.74) is 0.103. The lowest BCUT2D eigenvalue weighted by Gasteiger charge is -2.31. The smallest absolute Gasteiger partial charge is 0.312 e. The molecular weight excluding hydrogens is 482 g/mol. The third kappa shape index (κ3) is 4.98. The average Bonchev–Trinajstić information content (AvgIpc) is 3.06. The maximum Gasteiger partial charge on any atom is 0.312 e. The van der Waals surface area contributed by atoms with E-state index in [4.69, 9.17) is 4.99 Å². The Morgan fingerprint density at radius 3 is 2.42 bits per heavy atom. The van der Waals surface area contributed by atoms with Crippen LogP contribution in [0.25, 0.3) is 6.08 Å². The lowest BCUT2D eigenvalue weighted by Crippen LogP contribution is -2.41. The molecule has 31 heavy (non-hydrogen) atoms. The molecule has 7 nitrogen and oxygen atoms in total. The van der Waals surface area contributed by atoms with Crippen molar-refractivity contribution in [3.63, 3.8) is 0 Å². The minimum Gasteiger partial charge on any atom is -0.501 e. The number of rotatable bonds is 4. The molecule has 0 unspecified atom stereocenters. The molecule has 1 heterocycles. The first kappa shape index (κ1) is 22.3. The lowest BCUT2D eigenvalue weighted by atomic mass is 9.94. The van der Waals surface area contributed by atoms with Crippen LogP contribution >= 0.6 is 27.7 Å². The van der Waals surface area contributed by atoms with Gasteiger partial charge in [-0.1, -0.05) is 38.5 Å². The minimum absolute atomic E-state index is 0.0710. The molecule has 0 spiro atoms. The number of hydrogen-bond acceptors (Lipinski definition) is 6. The van der Waals surface area contributed by atoms with Gasteiger partial charge in [0.05, 0.1) is 20.3 Å². The van der Waals surface area contributed by atoms with Crippen LogP contribution < -0.4 is 0 Å². The average molecular weight is 508 g/mol. The number of halogens is 1. The SMILES string of the molecule is O=C1C(=Cc2cc(Br)c(O)c([N+](=O)[O-])c2)SC(=NC2CCCCC2)N1C1CCCCC1. The predicted octanol–water partition coefficient (Wildman–Crippen LogP) is 6.00. The van der Waals surface area contributed by atoms with Crippen LogP contribution in [-0.4, -0.2) is 38.1 Å². The third-order valence-electron chi connectivity index (χ3n) is 6.20. The first-order valence-electron chi connectivity index (χ1n) is 10.9. The van der Waals surface area contributed by atoms with Gasteiger partial charge in [-0.25, -0.2) is 0 Å². The van der Waals surface area contributed by atoms with Crippen LogP contribution in [0, 0.1) is 10.1 Å². The van der Waals surface area contributed by atoms with E-state index in [1.807, 2.05) is 4.90 Å². The largest absolute Gasteiger partial charge is 0.501 e. The third-order valence-corrected chi connectivity index (χ3v) is 7.81. The number of carbonyl (C=O) groups is 1. The molecule has 0 radical (unpaired) electrons. The molecule has 3 fully saturated rings. The van der Waals surface area contributed by atoms with Crippen molar-refractivity contribution in [2.24, 2.45) is 4.99 Å². The Morgan fingerprint density at radius 2 is 1.77 bits per heavy atom. The molecule has 2 aliphatic carbocycles. The number of hydrogen-bond donors (Lipinski definition) is 1. The van der Waals surface area contributed by atoms with E-state index in [0.717, 1.165) is 43.7 Å². The second kappa shape index (κ2) is 9.73. The van der Waals surface area contributed by atoms with Gasteiger partial charge in [-0.3, -0.25) is 24.8 Å². The van der Waals surface area contributed by atoms with Gasteiger partial charge in [-0.15, -0.1) is 0 Å². The quantitative estimate of drug-likeness (QED) is 0.306. The molecule has 4 rings (SSSR count). The molecule has 9 heteroatoms. The number of aliphatic imine (C=N–C) groups is 1. The number of phenolic OH excluding ortho intramolecular Hbond substituents is 1. The van der Waals surface area contributed by atoms with E-state index < -0.39 is 16.4 Å². The highest BCUT2D eigenvalue weighted by atomic mass is 79.9. The lowest BCUT2D eigenvalue weighted by molar-refractivity contribution is -0.386. The van der Waals surface area contributed by atoms with Crippen molar-refractivity contribution < 1.29 is 14.8 Å². The van der Waals surface area contributed by atoms with E-state index in [0.29, 0.717) is 10.5 Å². The van der Waals surface area contributed by atoms with Gasteiger partial charge in [0, 0.05) is 12.1 Å². The van der Waals surface area contributed by atoms with E-state index >= 15 is 0 Å². The summed E-state index contributed by atoms with van der Waals surface area (Å²) in [6, 6.07) is 3.31. The van der Waals surface area contributed by atoms with Crippen LogP contribution in [0.4, 0.5) is 5.69 Å². The highest BCUT2D eigenvalue weighted by molar-refractivity contribution is 9.10. The fourth-order valence-corrected chi connectivity index (χ4v) is 6.16. The van der Waals surface area contributed by atoms with Gasteiger partial charge in [0.1, 0.15) is 0 Å². The van der Waals surface area contributed by atoms with Crippen LogP contribution in [0.5, 0.6) is 5.75 Å². The molecule has 1 saturated heterocycles. The maximum atomic E-state index is 13.4. The van der Waals surface area contributed by atoms with Crippen molar-refractivity contribution in [3.8, 4) is 5.75 Å². The summed E-state index contributed by atoms with van der Waals surface area (Å²) < 4.78 is 0.226. The van der Waals surface area contributed by atoms with Crippen LogP contribution in [-0.2, 0) is 4.79 Å². The first-order valence-corrected chi connectivity index (χ1v) is 12.5. The summed E-state index contributed by atoms with van der Waals surface area (Å²) >= 11 is 4.55. The number of nitro groups is 1. The Balaban J connectivity index is 1.68. The summed E-state index contributed by atoms with van der Waals surface area (Å²) in [6.45, 7) is 0. The first-order chi connectivity index (χ1) is 14.9. The van der Waals surface area contributed by atoms with Crippen molar-refractivity contribution in [2.75, 3.05) is 0 Å². The molecule has 1 amide bonds. The van der Waals surface area contributed by atoms with Gasteiger partial charge in [-0.05, 0) is 71.1 Å². The van der Waals surface area contributed by atoms with E-state index in [2.05, 4.69) is 15.9 Å². The number of nitro benzene ring substituents is 1. The molecule has 2 saturated carbocycles. The zero-order chi connectivity index (χ0) is 22.0. The Kier molecular flexibility index (Phi) is 7.01. The summed E-state index contributed by atoms with van der Waals surface area (Å²) in [7, 11) is 0. The second-order valence-corrected chi connectivity index (χ2v) is 10.3. The zero-order valence-corrected chi connectivity index (χ0v) is 19.7. The van der Waals surface area contributed by atoms with Crippen molar-refractivity contribution >= 4 is 50.5 Å². The number of benzene rings is 1. The van der Waals surface area contributed by atoms with Crippen LogP contribution in [0.2, 0.25) is 0 Å². The standard InChI is InChI=1S/C22H26BrN3O4S/c23-17-11-14(12-18(20(17)27)26(29)30)13-19-21(28)25(16-9-5-2-6-10-16)22(31-19)24-15-7-3-1-4-8-15/h11-13,15-16,27H,1-10H2. The summed E-state index contributed by atoms with van der Waals surface area (Å²) in [4.78, 5) is 31.4. The zero-order valence-electron chi connectivity index (χ0n) is 17.3. The summed E-state index contributed by atoms with van der Waals surface area (Å²) in [5.74, 6) is -0.487. The molecule has 1 aliphatic heterocycles. The van der Waals surface area contributed by atoms with Crippen molar-refractivity contribution in [2.45, 2.75) is 76.3 Å². The number of phenols is 1. The van der Waals surface area contributed by atoms with Gasteiger partial charge >= 0.3 is 5.69 Å². The van der Waals surface area contributed by atoms with Gasteiger partial charge in [0.2, 0.25) is 5.75 Å². The van der Waals surface area contributed by atoms with E-state index in [9.17, 15) is 20.0 Å². The Bertz CT molecular complexity index is 937. The highest BCUT2D eigenvalue weighted by Crippen LogP contribution is 2.40. The van der Waals surface area contributed by atoms with E-state index in [1.165, 1.54) is 43.5 Å². The fourth-order valence-electron chi connectivity index (χ4n) is 4.58. The van der Waals surface area contributed by atoms with E-state index in [-0.39, 0.29) is 22.5 Å². The molecule has 1 N–H and O–H groups in total. The normalized spacial score (nSPS) is 23.8. The number of nitrogens with zero attached hydrogens (tertiary/aromatic N) is 3. The maximum absolute atomic E-state index is 13.4. The molecule has 166 valence electrons. The number of aromatic hydroxyl groups is 1. The van der Waals surface area contributed by atoms with Gasteiger partial charge in [0.15, 0.2) is 5.17 Å². The van der Waals surface area contributed by atoms with Gasteiger partial charge < -0.3 is 5.11 Å². The van der Waals surface area contributed by atoms with E-state index in [1.54, 1.807) is 12.1 Å². The number of thioether (sulfide) groups is 1. The Labute approximate surface area is 194 Å². The highest BCUT2D eigenvalue weighted by Gasteiger charge is 2.39. The molecule has 0 aromatic heterocycles. The molecule has 0 atom stereocenters. The molecule has 0 bridgehead atoms. The van der Waals surface area contributed by atoms with Crippen LogP contribution in [0.3, 0.4) is 0 Å². The molecule has 3 aliphatic rings. The van der Waals surface area contributed by atoms with Crippen LogP contribution in [0.15, 0.2) is 26.5 Å². The summed E-state index contributed by atoms with van der Waals surface area (Å²) in [6.07, 6.45) is 12.8. The van der Waals surface area contributed by atoms with Crippen molar-refractivity contribution in [1.29, 1.82) is 0 Å². The predicted molar refractivity (Wildman–Crippen MR) is 126 cm³/mol. The Morgan fingerprint density at radius 1 is 1.13 bits per heavy atom. The van der Waals surface area contributed by atoms with Crippen molar-refractivity contribution in [3.05, 3.63) is 37.2 Å². The molecular formula is C22H26BrN3O4S. The number of carbonyl (C=O) groups excluding carboxylic acids is 1. The molecule has 1 aromatic carbocycles. The fraction of sp³-hybridized carbons (Fsp3) is 0.545. The topological polar surface area (TPSA) is 96.0 Å². The Hall–Kier alpha value is -1.87. The number of amidine groups is 1. The monoisotopic (exact) mass is 507 g/mol. The molecule has 1 aromatic rings. The van der Waals surface area contributed by atoms with Gasteiger partial charge in [-0.2, -0.15) is 0 Å². The summed E-state index contributed by atoms with van der Waals surface area (Å²) in [5, 5.41) is 22.0.